The summed E-state index contributed by atoms with van der Waals surface area (Å²) in [5, 5.41) is 0. The van der Waals surface area contributed by atoms with Gasteiger partial charge >= 0.3 is 5.97 Å². The lowest BCUT2D eigenvalue weighted by atomic mass is 10.1. The zero-order valence-corrected chi connectivity index (χ0v) is 8.43. The van der Waals surface area contributed by atoms with Crippen molar-refractivity contribution in [3.63, 3.8) is 0 Å². The lowest BCUT2D eigenvalue weighted by Crippen LogP contribution is -3.10. The Morgan fingerprint density at radius 3 is 2.46 bits per heavy atom. The Labute approximate surface area is 79.4 Å². The van der Waals surface area contributed by atoms with Gasteiger partial charge in [-0.15, -0.1) is 0 Å². The summed E-state index contributed by atoms with van der Waals surface area (Å²) in [6.07, 6.45) is 2.07. The molecule has 0 aromatic rings. The molecule has 1 heterocycles. The molecule has 0 saturated carbocycles. The second-order valence-corrected chi connectivity index (χ2v) is 3.84. The Bertz CT molecular complexity index is 205. The van der Waals surface area contributed by atoms with E-state index in [1.54, 1.807) is 6.92 Å². The highest BCUT2D eigenvalue weighted by Crippen LogP contribution is 2.07. The summed E-state index contributed by atoms with van der Waals surface area (Å²) in [7, 11) is 2.16. The van der Waals surface area contributed by atoms with Crippen molar-refractivity contribution in [2.45, 2.75) is 25.9 Å². The van der Waals surface area contributed by atoms with Crippen LogP contribution in [0.25, 0.3) is 0 Å². The number of carbonyl (C=O) groups is 1. The number of carbonyl (C=O) groups excluding carboxylic acids is 1. The predicted octanol–water partition coefficient (Wildman–Crippen LogP) is -0.217. The summed E-state index contributed by atoms with van der Waals surface area (Å²) in [4.78, 5) is 12.7. The molecule has 0 aliphatic carbocycles. The third-order valence-electron chi connectivity index (χ3n) is 2.41. The fourth-order valence-corrected chi connectivity index (χ4v) is 1.45. The zero-order chi connectivity index (χ0) is 9.84. The number of hydrogen-bond acceptors (Lipinski definition) is 2. The Kier molecular flexibility index (Phi) is 3.48. The molecule has 0 aromatic carbocycles. The number of likely N-dealkylation sites (tertiary alicyclic amines) is 1. The van der Waals surface area contributed by atoms with Crippen molar-refractivity contribution in [3.8, 4) is 0 Å². The van der Waals surface area contributed by atoms with Gasteiger partial charge in [-0.3, -0.25) is 0 Å². The maximum absolute atomic E-state index is 11.2. The van der Waals surface area contributed by atoms with Crippen molar-refractivity contribution in [1.29, 1.82) is 0 Å². The van der Waals surface area contributed by atoms with Gasteiger partial charge in [-0.2, -0.15) is 0 Å². The van der Waals surface area contributed by atoms with Crippen LogP contribution in [-0.2, 0) is 9.53 Å². The van der Waals surface area contributed by atoms with E-state index in [9.17, 15) is 4.79 Å². The van der Waals surface area contributed by atoms with Crippen molar-refractivity contribution in [1.82, 2.24) is 0 Å². The number of rotatable bonds is 2. The molecule has 0 radical (unpaired) electrons. The van der Waals surface area contributed by atoms with E-state index in [1.807, 2.05) is 0 Å². The molecular weight excluding hydrogens is 166 g/mol. The SMILES string of the molecule is C=C(C)C(=O)OC1CC[NH+](C)CC1. The molecule has 3 nitrogen and oxygen atoms in total. The molecule has 1 aliphatic heterocycles. The molecule has 0 atom stereocenters. The fraction of sp³-hybridized carbons (Fsp3) is 0.700. The number of hydrogen-bond donors (Lipinski definition) is 1. The molecule has 0 aromatic heterocycles. The maximum Gasteiger partial charge on any atom is 0.333 e. The highest BCUT2D eigenvalue weighted by atomic mass is 16.5. The maximum atomic E-state index is 11.2. The average molecular weight is 184 g/mol. The molecule has 0 spiro atoms. The molecule has 3 heteroatoms. The van der Waals surface area contributed by atoms with E-state index >= 15 is 0 Å². The molecule has 13 heavy (non-hydrogen) atoms. The molecular formula is C10H18NO2+. The van der Waals surface area contributed by atoms with Gasteiger partial charge in [-0.05, 0) is 6.92 Å². The number of quaternary nitrogens is 1. The molecule has 0 amide bonds. The average Bonchev–Trinajstić information content (AvgIpc) is 2.08. The topological polar surface area (TPSA) is 30.7 Å². The van der Waals surface area contributed by atoms with Crippen LogP contribution in [0, 0.1) is 0 Å². The minimum absolute atomic E-state index is 0.118. The van der Waals surface area contributed by atoms with Crippen LogP contribution in [0.3, 0.4) is 0 Å². The predicted molar refractivity (Wildman–Crippen MR) is 50.5 cm³/mol. The van der Waals surface area contributed by atoms with Crippen molar-refractivity contribution >= 4 is 5.97 Å². The van der Waals surface area contributed by atoms with E-state index in [1.165, 1.54) is 4.90 Å². The van der Waals surface area contributed by atoms with Crippen molar-refractivity contribution < 1.29 is 14.4 Å². The Morgan fingerprint density at radius 2 is 2.00 bits per heavy atom. The molecule has 0 bridgehead atoms. The smallest absolute Gasteiger partial charge is 0.333 e. The largest absolute Gasteiger partial charge is 0.459 e. The molecule has 0 unspecified atom stereocenters. The Balaban J connectivity index is 2.30. The van der Waals surface area contributed by atoms with Crippen molar-refractivity contribution in [3.05, 3.63) is 12.2 Å². The monoisotopic (exact) mass is 184 g/mol. The van der Waals surface area contributed by atoms with Gasteiger partial charge in [0, 0.05) is 18.4 Å². The number of piperidine rings is 1. The molecule has 1 aliphatic rings. The molecule has 1 rings (SSSR count). The number of ether oxygens (including phenoxy) is 1. The first-order chi connectivity index (χ1) is 6.09. The van der Waals surface area contributed by atoms with Crippen LogP contribution >= 0.6 is 0 Å². The first kappa shape index (κ1) is 10.3. The minimum atomic E-state index is -0.246. The van der Waals surface area contributed by atoms with Crippen LogP contribution in [0.1, 0.15) is 19.8 Å². The van der Waals surface area contributed by atoms with E-state index in [4.69, 9.17) is 4.74 Å². The summed E-state index contributed by atoms with van der Waals surface area (Å²) in [5.41, 5.74) is 0.492. The summed E-state index contributed by atoms with van der Waals surface area (Å²) in [6, 6.07) is 0. The van der Waals surface area contributed by atoms with Crippen LogP contribution in [-0.4, -0.2) is 32.2 Å². The first-order valence-corrected chi connectivity index (χ1v) is 4.77. The van der Waals surface area contributed by atoms with Gasteiger partial charge in [0.1, 0.15) is 6.10 Å². The number of esters is 1. The van der Waals surface area contributed by atoms with Crippen LogP contribution in [0.5, 0.6) is 0 Å². The fourth-order valence-electron chi connectivity index (χ4n) is 1.45. The third-order valence-corrected chi connectivity index (χ3v) is 2.41. The van der Waals surface area contributed by atoms with Crippen molar-refractivity contribution in [2.75, 3.05) is 20.1 Å². The summed E-state index contributed by atoms with van der Waals surface area (Å²) in [5.74, 6) is -0.246. The van der Waals surface area contributed by atoms with Gasteiger partial charge in [0.15, 0.2) is 0 Å². The quantitative estimate of drug-likeness (QED) is 0.475. The van der Waals surface area contributed by atoms with Crippen LogP contribution in [0.2, 0.25) is 0 Å². The molecule has 1 N–H and O–H groups in total. The van der Waals surface area contributed by atoms with Gasteiger partial charge in [0.2, 0.25) is 0 Å². The minimum Gasteiger partial charge on any atom is -0.459 e. The van der Waals surface area contributed by atoms with Crippen molar-refractivity contribution in [2.24, 2.45) is 0 Å². The summed E-state index contributed by atoms with van der Waals surface area (Å²) < 4.78 is 5.25. The van der Waals surface area contributed by atoms with Gasteiger partial charge in [0.05, 0.1) is 20.1 Å². The Hall–Kier alpha value is -0.830. The summed E-state index contributed by atoms with van der Waals surface area (Å²) in [6.45, 7) is 7.42. The van der Waals surface area contributed by atoms with E-state index in [2.05, 4.69) is 13.6 Å². The highest BCUT2D eigenvalue weighted by molar-refractivity contribution is 5.87. The van der Waals surface area contributed by atoms with E-state index < -0.39 is 0 Å². The van der Waals surface area contributed by atoms with Crippen LogP contribution in [0.4, 0.5) is 0 Å². The molecule has 1 fully saturated rings. The second kappa shape index (κ2) is 4.42. The normalized spacial score (nSPS) is 28.2. The third kappa shape index (κ3) is 3.19. The van der Waals surface area contributed by atoms with E-state index in [-0.39, 0.29) is 12.1 Å². The van der Waals surface area contributed by atoms with Gasteiger partial charge in [0.25, 0.3) is 0 Å². The summed E-state index contributed by atoms with van der Waals surface area (Å²) >= 11 is 0. The van der Waals surface area contributed by atoms with E-state index in [0.29, 0.717) is 5.57 Å². The lowest BCUT2D eigenvalue weighted by Gasteiger charge is -2.26. The Morgan fingerprint density at radius 1 is 1.46 bits per heavy atom. The lowest BCUT2D eigenvalue weighted by molar-refractivity contribution is -0.885. The highest BCUT2D eigenvalue weighted by Gasteiger charge is 2.22. The molecule has 74 valence electrons. The number of nitrogens with one attached hydrogen (secondary N) is 1. The van der Waals surface area contributed by atoms with Gasteiger partial charge in [-0.1, -0.05) is 6.58 Å². The first-order valence-electron chi connectivity index (χ1n) is 4.77. The van der Waals surface area contributed by atoms with Gasteiger partial charge < -0.3 is 9.64 Å². The standard InChI is InChI=1S/C10H17NO2/c1-8(2)10(12)13-9-4-6-11(3)7-5-9/h9H,1,4-7H2,2-3H3/p+1. The zero-order valence-electron chi connectivity index (χ0n) is 8.43. The second-order valence-electron chi connectivity index (χ2n) is 3.84. The van der Waals surface area contributed by atoms with Crippen LogP contribution in [0.15, 0.2) is 12.2 Å². The van der Waals surface area contributed by atoms with Crippen LogP contribution < -0.4 is 4.90 Å². The van der Waals surface area contributed by atoms with E-state index in [0.717, 1.165) is 25.9 Å². The molecule has 1 saturated heterocycles. The van der Waals surface area contributed by atoms with Gasteiger partial charge in [-0.25, -0.2) is 4.79 Å².